The van der Waals surface area contributed by atoms with Gasteiger partial charge in [0, 0.05) is 24.0 Å². The molecule has 1 fully saturated rings. The number of hydrogen-bond acceptors (Lipinski definition) is 4. The van der Waals surface area contributed by atoms with Gasteiger partial charge in [0.25, 0.3) is 0 Å². The third-order valence-electron chi connectivity index (χ3n) is 4.46. The lowest BCUT2D eigenvalue weighted by molar-refractivity contribution is -0.135. The Balaban J connectivity index is 1.64. The molecule has 5 heteroatoms. The minimum absolute atomic E-state index is 0.144. The Morgan fingerprint density at radius 1 is 1.38 bits per heavy atom. The average molecular weight is 339 g/mol. The lowest BCUT2D eigenvalue weighted by Gasteiger charge is -2.34. The highest BCUT2D eigenvalue weighted by atomic mass is 32.1. The van der Waals surface area contributed by atoms with Gasteiger partial charge in [-0.3, -0.25) is 4.79 Å². The van der Waals surface area contributed by atoms with E-state index in [1.807, 2.05) is 36.1 Å². The number of likely N-dealkylation sites (tertiary alicyclic amines) is 1. The van der Waals surface area contributed by atoms with Crippen molar-refractivity contribution in [3.63, 3.8) is 0 Å². The van der Waals surface area contributed by atoms with Crippen molar-refractivity contribution in [1.82, 2.24) is 9.88 Å². The number of hydrogen-bond donors (Lipinski definition) is 0. The summed E-state index contributed by atoms with van der Waals surface area (Å²) in [5.74, 6) is 0.205. The van der Waals surface area contributed by atoms with Gasteiger partial charge in [0.1, 0.15) is 5.01 Å². The van der Waals surface area contributed by atoms with Gasteiger partial charge in [-0.2, -0.15) is 5.26 Å². The van der Waals surface area contributed by atoms with Crippen LogP contribution in [0, 0.1) is 18.3 Å². The Bertz CT molecular complexity index is 745. The fourth-order valence-corrected chi connectivity index (χ4v) is 4.10. The normalized spacial score (nSPS) is 17.5. The predicted molar refractivity (Wildman–Crippen MR) is 94.6 cm³/mol. The van der Waals surface area contributed by atoms with Gasteiger partial charge in [0.15, 0.2) is 0 Å². The number of nitrogens with zero attached hydrogens (tertiary/aromatic N) is 3. The van der Waals surface area contributed by atoms with E-state index in [1.165, 1.54) is 0 Å². The summed E-state index contributed by atoms with van der Waals surface area (Å²) in [6, 6.07) is 9.74. The highest BCUT2D eigenvalue weighted by molar-refractivity contribution is 7.09. The smallest absolute Gasteiger partial charge is 0.223 e. The Kier molecular flexibility index (Phi) is 5.27. The first-order valence-electron chi connectivity index (χ1n) is 8.38. The number of carbonyl (C=O) groups excluding carboxylic acids is 1. The Morgan fingerprint density at radius 3 is 2.83 bits per heavy atom. The molecule has 2 heterocycles. The number of amides is 1. The first kappa shape index (κ1) is 16.7. The summed E-state index contributed by atoms with van der Waals surface area (Å²) >= 11 is 1.66. The number of nitriles is 1. The summed E-state index contributed by atoms with van der Waals surface area (Å²) in [6.07, 6.45) is 4.46. The third kappa shape index (κ3) is 3.82. The summed E-state index contributed by atoms with van der Waals surface area (Å²) < 4.78 is 0. The quantitative estimate of drug-likeness (QED) is 0.845. The monoisotopic (exact) mass is 339 g/mol. The maximum atomic E-state index is 12.7. The molecule has 0 aliphatic carbocycles. The third-order valence-corrected chi connectivity index (χ3v) is 5.52. The van der Waals surface area contributed by atoms with E-state index in [1.54, 1.807) is 11.3 Å². The predicted octanol–water partition coefficient (Wildman–Crippen LogP) is 4.01. The van der Waals surface area contributed by atoms with Crippen LogP contribution >= 0.6 is 11.3 Å². The first-order valence-corrected chi connectivity index (χ1v) is 9.26. The van der Waals surface area contributed by atoms with Gasteiger partial charge in [-0.05, 0) is 50.3 Å². The standard InChI is InChI=1S/C19H21N3OS/c1-14-13-24-19(21-14)17-4-2-3-11-22(17)18(23)10-9-15-5-7-16(12-20)8-6-15/h5-8,13,17H,2-4,9-11H2,1H3/t17-/m1/s1. The van der Waals surface area contributed by atoms with Gasteiger partial charge in [-0.25, -0.2) is 4.98 Å². The van der Waals surface area contributed by atoms with E-state index in [0.29, 0.717) is 18.4 Å². The molecular weight excluding hydrogens is 318 g/mol. The van der Waals surface area contributed by atoms with Crippen molar-refractivity contribution >= 4 is 17.2 Å². The molecule has 1 aliphatic heterocycles. The van der Waals surface area contributed by atoms with Crippen LogP contribution in [-0.4, -0.2) is 22.3 Å². The van der Waals surface area contributed by atoms with Crippen molar-refractivity contribution in [2.75, 3.05) is 6.54 Å². The largest absolute Gasteiger partial charge is 0.333 e. The summed E-state index contributed by atoms with van der Waals surface area (Å²) in [4.78, 5) is 19.4. The molecule has 0 spiro atoms. The Hall–Kier alpha value is -2.19. The molecule has 1 amide bonds. The van der Waals surface area contributed by atoms with Crippen molar-refractivity contribution in [3.8, 4) is 6.07 Å². The molecular formula is C19H21N3OS. The molecule has 0 unspecified atom stereocenters. The van der Waals surface area contributed by atoms with Crippen LogP contribution in [0.4, 0.5) is 0 Å². The SMILES string of the molecule is Cc1csc([C@H]2CCCCN2C(=O)CCc2ccc(C#N)cc2)n1. The zero-order valence-electron chi connectivity index (χ0n) is 13.9. The van der Waals surface area contributed by atoms with Crippen LogP contribution in [-0.2, 0) is 11.2 Å². The van der Waals surface area contributed by atoms with E-state index in [-0.39, 0.29) is 11.9 Å². The van der Waals surface area contributed by atoms with E-state index in [9.17, 15) is 4.79 Å². The highest BCUT2D eigenvalue weighted by Gasteiger charge is 2.29. The van der Waals surface area contributed by atoms with Crippen LogP contribution in [0.1, 0.15) is 53.6 Å². The molecule has 3 rings (SSSR count). The Labute approximate surface area is 146 Å². The molecule has 124 valence electrons. The van der Waals surface area contributed by atoms with Crippen molar-refractivity contribution in [2.24, 2.45) is 0 Å². The number of carbonyl (C=O) groups is 1. The minimum atomic E-state index is 0.144. The average Bonchev–Trinajstić information content (AvgIpc) is 3.06. The van der Waals surface area contributed by atoms with E-state index in [4.69, 9.17) is 5.26 Å². The number of piperidine rings is 1. The lowest BCUT2D eigenvalue weighted by atomic mass is 10.0. The van der Waals surface area contributed by atoms with Crippen LogP contribution in [0.15, 0.2) is 29.6 Å². The molecule has 1 aliphatic rings. The van der Waals surface area contributed by atoms with E-state index >= 15 is 0 Å². The molecule has 0 N–H and O–H groups in total. The fourth-order valence-electron chi connectivity index (χ4n) is 3.15. The molecule has 1 aromatic carbocycles. The van der Waals surface area contributed by atoms with E-state index in [2.05, 4.69) is 16.4 Å². The zero-order chi connectivity index (χ0) is 16.9. The van der Waals surface area contributed by atoms with Crippen LogP contribution in [0.3, 0.4) is 0 Å². The maximum absolute atomic E-state index is 12.7. The van der Waals surface area contributed by atoms with Crippen molar-refractivity contribution in [3.05, 3.63) is 51.5 Å². The van der Waals surface area contributed by atoms with E-state index < -0.39 is 0 Å². The number of rotatable bonds is 4. The lowest BCUT2D eigenvalue weighted by Crippen LogP contribution is -2.38. The van der Waals surface area contributed by atoms with Gasteiger partial charge in [0.05, 0.1) is 17.7 Å². The molecule has 1 saturated heterocycles. The summed E-state index contributed by atoms with van der Waals surface area (Å²) in [7, 11) is 0. The van der Waals surface area contributed by atoms with E-state index in [0.717, 1.165) is 42.1 Å². The van der Waals surface area contributed by atoms with Crippen LogP contribution in [0.2, 0.25) is 0 Å². The number of aromatic nitrogens is 1. The van der Waals surface area contributed by atoms with Crippen molar-refractivity contribution < 1.29 is 4.79 Å². The molecule has 4 nitrogen and oxygen atoms in total. The Morgan fingerprint density at radius 2 is 2.17 bits per heavy atom. The number of aryl methyl sites for hydroxylation is 2. The van der Waals surface area contributed by atoms with Crippen molar-refractivity contribution in [1.29, 1.82) is 5.26 Å². The van der Waals surface area contributed by atoms with Gasteiger partial charge in [-0.1, -0.05) is 12.1 Å². The van der Waals surface area contributed by atoms with Crippen molar-refractivity contribution in [2.45, 2.75) is 45.1 Å². The summed E-state index contributed by atoms with van der Waals surface area (Å²) in [5.41, 5.74) is 2.78. The fraction of sp³-hybridized carbons (Fsp3) is 0.421. The van der Waals surface area contributed by atoms with Gasteiger partial charge in [-0.15, -0.1) is 11.3 Å². The molecule has 0 saturated carbocycles. The molecule has 1 aromatic heterocycles. The summed E-state index contributed by atoms with van der Waals surface area (Å²) in [6.45, 7) is 2.83. The van der Waals surface area contributed by atoms with Gasteiger partial charge >= 0.3 is 0 Å². The number of benzene rings is 1. The molecule has 0 radical (unpaired) electrons. The minimum Gasteiger partial charge on any atom is -0.333 e. The molecule has 0 bridgehead atoms. The molecule has 2 aromatic rings. The van der Waals surface area contributed by atoms with Gasteiger partial charge < -0.3 is 4.90 Å². The molecule has 1 atom stereocenters. The summed E-state index contributed by atoms with van der Waals surface area (Å²) in [5, 5.41) is 12.0. The zero-order valence-corrected chi connectivity index (χ0v) is 14.7. The second-order valence-corrected chi connectivity index (χ2v) is 7.12. The van der Waals surface area contributed by atoms with Crippen LogP contribution in [0.5, 0.6) is 0 Å². The number of thiazole rings is 1. The second kappa shape index (κ2) is 7.59. The second-order valence-electron chi connectivity index (χ2n) is 6.23. The molecule has 24 heavy (non-hydrogen) atoms. The first-order chi connectivity index (χ1) is 11.7. The van der Waals surface area contributed by atoms with Gasteiger partial charge in [0.2, 0.25) is 5.91 Å². The van der Waals surface area contributed by atoms with Crippen LogP contribution < -0.4 is 0 Å². The topological polar surface area (TPSA) is 57.0 Å². The highest BCUT2D eigenvalue weighted by Crippen LogP contribution is 2.33. The van der Waals surface area contributed by atoms with Crippen LogP contribution in [0.25, 0.3) is 0 Å². The maximum Gasteiger partial charge on any atom is 0.223 e.